The summed E-state index contributed by atoms with van der Waals surface area (Å²) in [5.74, 6) is 0.00579. The summed E-state index contributed by atoms with van der Waals surface area (Å²) in [4.78, 5) is 23.1. The second kappa shape index (κ2) is 4.24. The third kappa shape index (κ3) is 3.24. The van der Waals surface area contributed by atoms with E-state index >= 15 is 0 Å². The van der Waals surface area contributed by atoms with Gasteiger partial charge in [0.25, 0.3) is 0 Å². The van der Waals surface area contributed by atoms with E-state index in [0.717, 1.165) is 6.42 Å². The molecule has 2 nitrogen and oxygen atoms in total. The smallest absolute Gasteiger partial charge is 0.146 e. The third-order valence-electron chi connectivity index (χ3n) is 3.17. The third-order valence-corrected chi connectivity index (χ3v) is 3.17. The van der Waals surface area contributed by atoms with E-state index in [1.165, 1.54) is 6.92 Å². The van der Waals surface area contributed by atoms with Crippen LogP contribution in [0.5, 0.6) is 0 Å². The van der Waals surface area contributed by atoms with Crippen LogP contribution in [0, 0.1) is 10.8 Å². The van der Waals surface area contributed by atoms with Crippen molar-refractivity contribution >= 4 is 11.6 Å². The first kappa shape index (κ1) is 13.3. The summed E-state index contributed by atoms with van der Waals surface area (Å²) >= 11 is 0. The predicted molar refractivity (Wildman–Crippen MR) is 58.2 cm³/mol. The Hall–Kier alpha value is -0.660. The van der Waals surface area contributed by atoms with Crippen LogP contribution in [0.15, 0.2) is 0 Å². The van der Waals surface area contributed by atoms with E-state index in [1.54, 1.807) is 13.8 Å². The molecular formula is C12H22O2. The van der Waals surface area contributed by atoms with E-state index in [2.05, 4.69) is 20.8 Å². The lowest BCUT2D eigenvalue weighted by Gasteiger charge is -2.27. The molecule has 0 saturated heterocycles. The molecular weight excluding hydrogens is 176 g/mol. The number of hydrogen-bond donors (Lipinski definition) is 0. The molecule has 82 valence electrons. The van der Waals surface area contributed by atoms with Gasteiger partial charge in [-0.05, 0) is 26.2 Å². The molecule has 0 aliphatic carbocycles. The normalized spacial score (nSPS) is 12.7. The summed E-state index contributed by atoms with van der Waals surface area (Å²) in [5.41, 5.74) is -0.809. The molecule has 0 amide bonds. The Morgan fingerprint density at radius 1 is 1.07 bits per heavy atom. The fourth-order valence-electron chi connectivity index (χ4n) is 0.977. The highest BCUT2D eigenvalue weighted by atomic mass is 16.2. The molecule has 0 atom stereocenters. The van der Waals surface area contributed by atoms with Crippen molar-refractivity contribution in [3.05, 3.63) is 0 Å². The van der Waals surface area contributed by atoms with Gasteiger partial charge in [0.2, 0.25) is 0 Å². The van der Waals surface area contributed by atoms with E-state index < -0.39 is 5.41 Å². The standard InChI is InChI=1S/C12H22O2/c1-7-11(3,4)8-10(14)12(5,6)9(2)13/h7-8H2,1-6H3. The van der Waals surface area contributed by atoms with Crippen LogP contribution in [-0.2, 0) is 9.59 Å². The first-order chi connectivity index (χ1) is 6.13. The van der Waals surface area contributed by atoms with Crippen LogP contribution < -0.4 is 0 Å². The zero-order valence-electron chi connectivity index (χ0n) is 10.2. The minimum absolute atomic E-state index is 0.00377. The Morgan fingerprint density at radius 3 is 1.79 bits per heavy atom. The Labute approximate surface area is 87.1 Å². The highest BCUT2D eigenvalue weighted by Crippen LogP contribution is 2.30. The first-order valence-electron chi connectivity index (χ1n) is 5.18. The lowest BCUT2D eigenvalue weighted by molar-refractivity contribution is -0.138. The Bertz CT molecular complexity index is 237. The fraction of sp³-hybridized carbons (Fsp3) is 0.833. The molecule has 0 heterocycles. The molecule has 0 unspecified atom stereocenters. The Kier molecular flexibility index (Phi) is 4.04. The van der Waals surface area contributed by atoms with Crippen LogP contribution in [0.1, 0.15) is 54.4 Å². The molecule has 0 rings (SSSR count). The molecule has 0 spiro atoms. The summed E-state index contributed by atoms with van der Waals surface area (Å²) in [6.07, 6.45) is 1.43. The van der Waals surface area contributed by atoms with Gasteiger partial charge in [-0.25, -0.2) is 0 Å². The van der Waals surface area contributed by atoms with E-state index in [1.807, 2.05) is 0 Å². The second-order valence-corrected chi connectivity index (χ2v) is 5.30. The van der Waals surface area contributed by atoms with Crippen molar-refractivity contribution in [2.45, 2.75) is 54.4 Å². The summed E-state index contributed by atoms with van der Waals surface area (Å²) in [6.45, 7) is 11.1. The van der Waals surface area contributed by atoms with Crippen molar-refractivity contribution < 1.29 is 9.59 Å². The van der Waals surface area contributed by atoms with E-state index in [4.69, 9.17) is 0 Å². The number of Topliss-reactive ketones (excluding diaryl/α,β-unsaturated/α-hetero) is 2. The summed E-state index contributed by atoms with van der Waals surface area (Å²) in [5, 5.41) is 0. The maximum Gasteiger partial charge on any atom is 0.146 e. The van der Waals surface area contributed by atoms with Gasteiger partial charge in [-0.3, -0.25) is 9.59 Å². The highest BCUT2D eigenvalue weighted by molar-refractivity contribution is 6.05. The molecule has 2 heteroatoms. The van der Waals surface area contributed by atoms with E-state index in [0.29, 0.717) is 6.42 Å². The monoisotopic (exact) mass is 198 g/mol. The molecule has 0 radical (unpaired) electrons. The molecule has 0 aromatic heterocycles. The SMILES string of the molecule is CCC(C)(C)CC(=O)C(C)(C)C(C)=O. The maximum atomic E-state index is 11.9. The van der Waals surface area contributed by atoms with Crippen LogP contribution in [-0.4, -0.2) is 11.6 Å². The number of hydrogen-bond acceptors (Lipinski definition) is 2. The van der Waals surface area contributed by atoms with E-state index in [-0.39, 0.29) is 17.0 Å². The van der Waals surface area contributed by atoms with Crippen molar-refractivity contribution in [1.29, 1.82) is 0 Å². The Morgan fingerprint density at radius 2 is 1.50 bits per heavy atom. The predicted octanol–water partition coefficient (Wildman–Crippen LogP) is 3.00. The second-order valence-electron chi connectivity index (χ2n) is 5.30. The molecule has 0 saturated carbocycles. The number of ketones is 2. The fourth-order valence-corrected chi connectivity index (χ4v) is 0.977. The summed E-state index contributed by atoms with van der Waals surface area (Å²) < 4.78 is 0. The lowest BCUT2D eigenvalue weighted by Crippen LogP contribution is -2.34. The van der Waals surface area contributed by atoms with Crippen LogP contribution in [0.2, 0.25) is 0 Å². The molecule has 0 N–H and O–H groups in total. The van der Waals surface area contributed by atoms with Gasteiger partial charge in [0.1, 0.15) is 11.6 Å². The van der Waals surface area contributed by atoms with Crippen molar-refractivity contribution in [3.63, 3.8) is 0 Å². The molecule has 0 aliphatic rings. The minimum Gasteiger partial charge on any atom is -0.299 e. The van der Waals surface area contributed by atoms with Gasteiger partial charge in [-0.2, -0.15) is 0 Å². The average Bonchev–Trinajstić information content (AvgIpc) is 2.03. The summed E-state index contributed by atoms with van der Waals surface area (Å²) in [6, 6.07) is 0. The zero-order chi connectivity index (χ0) is 11.6. The quantitative estimate of drug-likeness (QED) is 0.636. The van der Waals surface area contributed by atoms with Gasteiger partial charge < -0.3 is 0 Å². The first-order valence-corrected chi connectivity index (χ1v) is 5.18. The summed E-state index contributed by atoms with van der Waals surface area (Å²) in [7, 11) is 0. The van der Waals surface area contributed by atoms with Gasteiger partial charge in [0.05, 0.1) is 5.41 Å². The molecule has 0 aromatic carbocycles. The van der Waals surface area contributed by atoms with Crippen LogP contribution in [0.25, 0.3) is 0 Å². The van der Waals surface area contributed by atoms with Crippen LogP contribution >= 0.6 is 0 Å². The van der Waals surface area contributed by atoms with Gasteiger partial charge in [0, 0.05) is 6.42 Å². The van der Waals surface area contributed by atoms with Crippen molar-refractivity contribution in [3.8, 4) is 0 Å². The highest BCUT2D eigenvalue weighted by Gasteiger charge is 2.35. The topological polar surface area (TPSA) is 34.1 Å². The van der Waals surface area contributed by atoms with Crippen molar-refractivity contribution in [2.75, 3.05) is 0 Å². The zero-order valence-corrected chi connectivity index (χ0v) is 10.2. The van der Waals surface area contributed by atoms with Crippen molar-refractivity contribution in [2.24, 2.45) is 10.8 Å². The molecule has 0 aliphatic heterocycles. The van der Waals surface area contributed by atoms with Crippen LogP contribution in [0.4, 0.5) is 0 Å². The maximum absolute atomic E-state index is 11.9. The van der Waals surface area contributed by atoms with Crippen LogP contribution in [0.3, 0.4) is 0 Å². The minimum atomic E-state index is -0.813. The number of carbonyl (C=O) groups excluding carboxylic acids is 2. The Balaban J connectivity index is 4.58. The lowest BCUT2D eigenvalue weighted by atomic mass is 9.75. The van der Waals surface area contributed by atoms with Crippen molar-refractivity contribution in [1.82, 2.24) is 0 Å². The largest absolute Gasteiger partial charge is 0.299 e. The number of carbonyl (C=O) groups is 2. The van der Waals surface area contributed by atoms with Gasteiger partial charge >= 0.3 is 0 Å². The van der Waals surface area contributed by atoms with Gasteiger partial charge in [0.15, 0.2) is 0 Å². The van der Waals surface area contributed by atoms with Gasteiger partial charge in [-0.15, -0.1) is 0 Å². The molecule has 14 heavy (non-hydrogen) atoms. The number of rotatable bonds is 5. The van der Waals surface area contributed by atoms with Gasteiger partial charge in [-0.1, -0.05) is 27.2 Å². The molecule has 0 fully saturated rings. The molecule has 0 aromatic rings. The van der Waals surface area contributed by atoms with E-state index in [9.17, 15) is 9.59 Å². The molecule has 0 bridgehead atoms. The average molecular weight is 198 g/mol.